The van der Waals surface area contributed by atoms with Crippen LogP contribution in [0.4, 0.5) is 17.6 Å². The van der Waals surface area contributed by atoms with Crippen molar-refractivity contribution in [2.24, 2.45) is 5.73 Å². The van der Waals surface area contributed by atoms with E-state index < -0.39 is 55.9 Å². The van der Waals surface area contributed by atoms with Crippen molar-refractivity contribution in [2.45, 2.75) is 85.4 Å². The molecule has 2 saturated carbocycles. The van der Waals surface area contributed by atoms with Crippen LogP contribution in [0.2, 0.25) is 0 Å². The van der Waals surface area contributed by atoms with Crippen LogP contribution in [-0.2, 0) is 20.8 Å². The highest BCUT2D eigenvalue weighted by molar-refractivity contribution is 7.92. The molecule has 1 aromatic carbocycles. The molecule has 0 bridgehead atoms. The molecule has 3 rings (SSSR count). The molecule has 0 radical (unpaired) electrons. The highest BCUT2D eigenvalue weighted by Crippen LogP contribution is 2.41. The Kier molecular flexibility index (Phi) is 6.21. The smallest absolute Gasteiger partial charge is 0.352 e. The summed E-state index contributed by atoms with van der Waals surface area (Å²) in [4.78, 5) is 11.9. The van der Waals surface area contributed by atoms with E-state index in [0.29, 0.717) is 18.9 Å². The second-order valence-electron chi connectivity index (χ2n) is 8.38. The van der Waals surface area contributed by atoms with Gasteiger partial charge in [0.05, 0.1) is 16.0 Å². The predicted octanol–water partition coefficient (Wildman–Crippen LogP) is 3.87. The van der Waals surface area contributed by atoms with Crippen LogP contribution in [0.3, 0.4) is 0 Å². The van der Waals surface area contributed by atoms with Crippen molar-refractivity contribution in [3.05, 3.63) is 29.8 Å². The van der Waals surface area contributed by atoms with Crippen molar-refractivity contribution < 1.29 is 30.8 Å². The summed E-state index contributed by atoms with van der Waals surface area (Å²) in [5.41, 5.74) is 4.10. The average molecular weight is 450 g/mol. The van der Waals surface area contributed by atoms with E-state index in [1.807, 2.05) is 0 Å². The van der Waals surface area contributed by atoms with Crippen LogP contribution in [0.5, 0.6) is 0 Å². The highest BCUT2D eigenvalue weighted by Gasteiger charge is 2.49. The number of alkyl halides is 4. The summed E-state index contributed by atoms with van der Waals surface area (Å²) in [5.74, 6) is -0.306. The number of hydrogen-bond donors (Lipinski definition) is 2. The van der Waals surface area contributed by atoms with Gasteiger partial charge in [0.2, 0.25) is 20.7 Å². The standard InChI is InChI=1S/C20H26F4N2O3S/c21-19(30(28,29)16-6-4-5-14(13-16)20(22,23)24)11-7-15(8-12-19)26-17(27)18(25)9-2-1-3-10-18/h4-6,13,15H,1-3,7-12,25H2,(H,26,27)/t15-,19+. The number of halogens is 4. The van der Waals surface area contributed by atoms with E-state index in [1.54, 1.807) is 0 Å². The summed E-state index contributed by atoms with van der Waals surface area (Å²) in [6.45, 7) is 0. The van der Waals surface area contributed by atoms with Gasteiger partial charge in [0, 0.05) is 6.04 Å². The van der Waals surface area contributed by atoms with E-state index in [9.17, 15) is 26.4 Å². The molecule has 0 saturated heterocycles. The van der Waals surface area contributed by atoms with Crippen molar-refractivity contribution in [1.29, 1.82) is 0 Å². The lowest BCUT2D eigenvalue weighted by molar-refractivity contribution is -0.137. The second-order valence-corrected chi connectivity index (χ2v) is 10.6. The first-order valence-electron chi connectivity index (χ1n) is 10.1. The monoisotopic (exact) mass is 450 g/mol. The number of rotatable bonds is 4. The molecular formula is C20H26F4N2O3S. The lowest BCUT2D eigenvalue weighted by Crippen LogP contribution is -2.58. The number of amides is 1. The normalized spacial score (nSPS) is 27.4. The lowest BCUT2D eigenvalue weighted by atomic mass is 9.81. The number of carbonyl (C=O) groups is 1. The molecule has 0 aromatic heterocycles. The van der Waals surface area contributed by atoms with Crippen LogP contribution < -0.4 is 11.1 Å². The predicted molar refractivity (Wildman–Crippen MR) is 103 cm³/mol. The number of sulfone groups is 1. The molecule has 0 spiro atoms. The van der Waals surface area contributed by atoms with Gasteiger partial charge in [0.25, 0.3) is 0 Å². The minimum atomic E-state index is -4.73. The molecule has 2 fully saturated rings. The first kappa shape index (κ1) is 23.0. The summed E-state index contributed by atoms with van der Waals surface area (Å²) in [6.07, 6.45) is -1.53. The molecule has 3 N–H and O–H groups in total. The van der Waals surface area contributed by atoms with Crippen LogP contribution in [0, 0.1) is 0 Å². The van der Waals surface area contributed by atoms with E-state index in [0.717, 1.165) is 37.5 Å². The summed E-state index contributed by atoms with van der Waals surface area (Å²) in [5, 5.41) is 0.136. The van der Waals surface area contributed by atoms with Gasteiger partial charge in [0.15, 0.2) is 0 Å². The fraction of sp³-hybridized carbons (Fsp3) is 0.650. The minimum absolute atomic E-state index is 0.0660. The van der Waals surface area contributed by atoms with Crippen LogP contribution in [0.15, 0.2) is 29.2 Å². The number of nitrogens with two attached hydrogens (primary N) is 1. The Morgan fingerprint density at radius 3 is 2.23 bits per heavy atom. The van der Waals surface area contributed by atoms with Crippen LogP contribution in [0.25, 0.3) is 0 Å². The van der Waals surface area contributed by atoms with Gasteiger partial charge in [-0.05, 0) is 56.7 Å². The van der Waals surface area contributed by atoms with Gasteiger partial charge in [0.1, 0.15) is 0 Å². The topological polar surface area (TPSA) is 89.3 Å². The summed E-state index contributed by atoms with van der Waals surface area (Å²) < 4.78 is 79.7. The third-order valence-corrected chi connectivity index (χ3v) is 8.46. The first-order valence-corrected chi connectivity index (χ1v) is 11.6. The van der Waals surface area contributed by atoms with Crippen molar-refractivity contribution >= 4 is 15.7 Å². The Labute approximate surface area is 173 Å². The molecule has 30 heavy (non-hydrogen) atoms. The van der Waals surface area contributed by atoms with Crippen LogP contribution in [-0.4, -0.2) is 30.9 Å². The van der Waals surface area contributed by atoms with E-state index in [2.05, 4.69) is 5.32 Å². The number of hydrogen-bond acceptors (Lipinski definition) is 4. The zero-order valence-electron chi connectivity index (χ0n) is 16.5. The first-order chi connectivity index (χ1) is 13.9. The fourth-order valence-electron chi connectivity index (χ4n) is 4.25. The average Bonchev–Trinajstić information content (AvgIpc) is 2.69. The number of benzene rings is 1. The summed E-state index contributed by atoms with van der Waals surface area (Å²) in [6, 6.07) is 2.72. The van der Waals surface area contributed by atoms with Crippen molar-refractivity contribution in [1.82, 2.24) is 5.32 Å². The maximum absolute atomic E-state index is 15.4. The molecule has 1 amide bonds. The zero-order valence-corrected chi connectivity index (χ0v) is 17.3. The molecule has 2 aliphatic rings. The summed E-state index contributed by atoms with van der Waals surface area (Å²) >= 11 is 0. The van der Waals surface area contributed by atoms with Gasteiger partial charge in [-0.1, -0.05) is 25.3 Å². The lowest BCUT2D eigenvalue weighted by Gasteiger charge is -2.37. The molecule has 0 atom stereocenters. The molecule has 1 aromatic rings. The SMILES string of the molecule is NC1(C(=O)N[C@H]2CC[C@@](F)(S(=O)(=O)c3cccc(C(F)(F)F)c3)CC2)CCCCC1. The summed E-state index contributed by atoms with van der Waals surface area (Å²) in [7, 11) is -4.63. The Morgan fingerprint density at radius 2 is 1.67 bits per heavy atom. The van der Waals surface area contributed by atoms with E-state index in [-0.39, 0.29) is 18.7 Å². The van der Waals surface area contributed by atoms with Crippen molar-refractivity contribution in [2.75, 3.05) is 0 Å². The molecule has 0 unspecified atom stereocenters. The van der Waals surface area contributed by atoms with Crippen molar-refractivity contribution in [3.63, 3.8) is 0 Å². The maximum atomic E-state index is 15.4. The second kappa shape index (κ2) is 8.11. The maximum Gasteiger partial charge on any atom is 0.416 e. The fourth-order valence-corrected chi connectivity index (χ4v) is 5.99. The van der Waals surface area contributed by atoms with Gasteiger partial charge < -0.3 is 11.1 Å². The van der Waals surface area contributed by atoms with Crippen molar-refractivity contribution in [3.8, 4) is 0 Å². The molecule has 10 heteroatoms. The third kappa shape index (κ3) is 4.49. The molecule has 2 aliphatic carbocycles. The third-order valence-electron chi connectivity index (χ3n) is 6.22. The Hall–Kier alpha value is -1.68. The zero-order chi connectivity index (χ0) is 22.2. The van der Waals surface area contributed by atoms with Crippen LogP contribution in [0.1, 0.15) is 63.4 Å². The van der Waals surface area contributed by atoms with Gasteiger partial charge in [-0.25, -0.2) is 12.8 Å². The van der Waals surface area contributed by atoms with E-state index >= 15 is 4.39 Å². The molecule has 0 aliphatic heterocycles. The molecule has 168 valence electrons. The number of carbonyl (C=O) groups excluding carboxylic acids is 1. The van der Waals surface area contributed by atoms with E-state index in [4.69, 9.17) is 5.73 Å². The number of nitrogens with one attached hydrogen (secondary N) is 1. The highest BCUT2D eigenvalue weighted by atomic mass is 32.2. The van der Waals surface area contributed by atoms with Gasteiger partial charge >= 0.3 is 6.18 Å². The van der Waals surface area contributed by atoms with Gasteiger partial charge in [-0.3, -0.25) is 4.79 Å². The van der Waals surface area contributed by atoms with Gasteiger partial charge in [-0.2, -0.15) is 13.2 Å². The Morgan fingerprint density at radius 1 is 1.07 bits per heavy atom. The largest absolute Gasteiger partial charge is 0.416 e. The molecular weight excluding hydrogens is 424 g/mol. The van der Waals surface area contributed by atoms with E-state index in [1.165, 1.54) is 0 Å². The van der Waals surface area contributed by atoms with Crippen LogP contribution >= 0.6 is 0 Å². The molecule has 0 heterocycles. The molecule has 5 nitrogen and oxygen atoms in total. The Balaban J connectivity index is 1.69. The Bertz CT molecular complexity index is 888. The van der Waals surface area contributed by atoms with Gasteiger partial charge in [-0.15, -0.1) is 0 Å². The quantitative estimate of drug-likeness (QED) is 0.682. The minimum Gasteiger partial charge on any atom is -0.352 e.